The smallest absolute Gasteiger partial charge is 0.289 e. The molecule has 4 rings (SSSR count). The fraction of sp³-hybridized carbons (Fsp3) is 0.478. The van der Waals surface area contributed by atoms with E-state index < -0.39 is 0 Å². The molecule has 31 heavy (non-hydrogen) atoms. The van der Waals surface area contributed by atoms with Crippen molar-refractivity contribution < 1.29 is 9.21 Å². The molecule has 8 heteroatoms. The lowest BCUT2D eigenvalue weighted by Crippen LogP contribution is -2.50. The SMILES string of the molecule is CC(C)C[C@H](c1nnnn1CCc1ccccc1)N1CCN(C(=O)c2ccco2)CC1. The van der Waals surface area contributed by atoms with E-state index in [1.807, 2.05) is 15.6 Å². The van der Waals surface area contributed by atoms with Gasteiger partial charge in [-0.05, 0) is 46.9 Å². The van der Waals surface area contributed by atoms with Crippen molar-refractivity contribution in [2.45, 2.75) is 39.3 Å². The number of carbonyl (C=O) groups is 1. The number of nitrogens with zero attached hydrogens (tertiary/aromatic N) is 6. The Bertz CT molecular complexity index is 946. The van der Waals surface area contributed by atoms with Crippen molar-refractivity contribution in [3.8, 4) is 0 Å². The van der Waals surface area contributed by atoms with E-state index in [4.69, 9.17) is 4.42 Å². The predicted octanol–water partition coefficient (Wildman–Crippen LogP) is 3.05. The minimum Gasteiger partial charge on any atom is -0.459 e. The van der Waals surface area contributed by atoms with Gasteiger partial charge in [0.2, 0.25) is 0 Å². The maximum Gasteiger partial charge on any atom is 0.289 e. The molecule has 1 atom stereocenters. The van der Waals surface area contributed by atoms with Crippen LogP contribution in [0.2, 0.25) is 0 Å². The number of furan rings is 1. The van der Waals surface area contributed by atoms with Gasteiger partial charge in [-0.2, -0.15) is 0 Å². The van der Waals surface area contributed by atoms with E-state index in [1.54, 1.807) is 12.1 Å². The number of amides is 1. The summed E-state index contributed by atoms with van der Waals surface area (Å²) in [4.78, 5) is 16.9. The molecular formula is C23H30N6O2. The zero-order valence-electron chi connectivity index (χ0n) is 18.2. The van der Waals surface area contributed by atoms with Crippen LogP contribution in [0.1, 0.15) is 48.3 Å². The van der Waals surface area contributed by atoms with Gasteiger partial charge in [-0.25, -0.2) is 4.68 Å². The molecule has 1 aliphatic rings. The van der Waals surface area contributed by atoms with Crippen molar-refractivity contribution in [1.29, 1.82) is 0 Å². The summed E-state index contributed by atoms with van der Waals surface area (Å²) in [5.41, 5.74) is 1.27. The van der Waals surface area contributed by atoms with Crippen molar-refractivity contribution >= 4 is 5.91 Å². The molecule has 2 aromatic heterocycles. The number of hydrogen-bond acceptors (Lipinski definition) is 6. The van der Waals surface area contributed by atoms with Crippen molar-refractivity contribution in [1.82, 2.24) is 30.0 Å². The van der Waals surface area contributed by atoms with Crippen LogP contribution in [0.5, 0.6) is 0 Å². The number of tetrazole rings is 1. The van der Waals surface area contributed by atoms with Gasteiger partial charge < -0.3 is 9.32 Å². The zero-order chi connectivity index (χ0) is 21.6. The van der Waals surface area contributed by atoms with E-state index in [-0.39, 0.29) is 11.9 Å². The average Bonchev–Trinajstić information content (AvgIpc) is 3.49. The normalized spacial score (nSPS) is 16.0. The van der Waals surface area contributed by atoms with Crippen molar-refractivity contribution in [2.75, 3.05) is 26.2 Å². The summed E-state index contributed by atoms with van der Waals surface area (Å²) >= 11 is 0. The monoisotopic (exact) mass is 422 g/mol. The van der Waals surface area contributed by atoms with Gasteiger partial charge in [-0.15, -0.1) is 5.10 Å². The molecule has 1 fully saturated rings. The van der Waals surface area contributed by atoms with Crippen LogP contribution in [0.4, 0.5) is 0 Å². The molecule has 0 unspecified atom stereocenters. The Morgan fingerprint density at radius 3 is 2.52 bits per heavy atom. The topological polar surface area (TPSA) is 80.3 Å². The number of benzene rings is 1. The Kier molecular flexibility index (Phi) is 6.76. The molecule has 0 radical (unpaired) electrons. The molecule has 0 spiro atoms. The molecule has 3 heterocycles. The zero-order valence-corrected chi connectivity index (χ0v) is 18.2. The van der Waals surface area contributed by atoms with Crippen LogP contribution < -0.4 is 0 Å². The van der Waals surface area contributed by atoms with Gasteiger partial charge in [0, 0.05) is 32.7 Å². The quantitative estimate of drug-likeness (QED) is 0.555. The summed E-state index contributed by atoms with van der Waals surface area (Å²) in [5, 5.41) is 12.7. The number of hydrogen-bond donors (Lipinski definition) is 0. The lowest BCUT2D eigenvalue weighted by atomic mass is 10.0. The fourth-order valence-electron chi connectivity index (χ4n) is 4.15. The molecule has 0 aliphatic carbocycles. The third-order valence-electron chi connectivity index (χ3n) is 5.78. The standard InChI is InChI=1S/C23H30N6O2/c1-18(2)17-20(22-24-25-26-29(22)11-10-19-7-4-3-5-8-19)27-12-14-28(15-13-27)23(30)21-9-6-16-31-21/h3-9,16,18,20H,10-15,17H2,1-2H3/t20-/m1/s1. The van der Waals surface area contributed by atoms with Crippen molar-refractivity contribution in [3.05, 3.63) is 65.9 Å². The van der Waals surface area contributed by atoms with Crippen LogP contribution in [-0.4, -0.2) is 62.1 Å². The van der Waals surface area contributed by atoms with Crippen LogP contribution in [0, 0.1) is 5.92 Å². The second kappa shape index (κ2) is 9.87. The first-order chi connectivity index (χ1) is 15.1. The summed E-state index contributed by atoms with van der Waals surface area (Å²) in [6.07, 6.45) is 3.40. The molecule has 164 valence electrons. The van der Waals surface area contributed by atoms with Gasteiger partial charge in [0.25, 0.3) is 5.91 Å². The second-order valence-corrected chi connectivity index (χ2v) is 8.45. The fourth-order valence-corrected chi connectivity index (χ4v) is 4.15. The molecule has 1 aliphatic heterocycles. The Morgan fingerprint density at radius 2 is 1.84 bits per heavy atom. The van der Waals surface area contributed by atoms with Crippen LogP contribution >= 0.6 is 0 Å². The number of piperazine rings is 1. The van der Waals surface area contributed by atoms with Crippen molar-refractivity contribution in [2.24, 2.45) is 5.92 Å². The minimum atomic E-state index is -0.0437. The Morgan fingerprint density at radius 1 is 1.06 bits per heavy atom. The molecule has 1 saturated heterocycles. The second-order valence-electron chi connectivity index (χ2n) is 8.45. The number of rotatable bonds is 8. The van der Waals surface area contributed by atoms with E-state index in [0.29, 0.717) is 24.8 Å². The molecule has 8 nitrogen and oxygen atoms in total. The average molecular weight is 423 g/mol. The first-order valence-electron chi connectivity index (χ1n) is 11.0. The number of aromatic nitrogens is 4. The van der Waals surface area contributed by atoms with Gasteiger partial charge in [0.15, 0.2) is 11.6 Å². The summed E-state index contributed by atoms with van der Waals surface area (Å²) in [7, 11) is 0. The highest BCUT2D eigenvalue weighted by Gasteiger charge is 2.31. The summed E-state index contributed by atoms with van der Waals surface area (Å²) < 4.78 is 7.22. The number of aryl methyl sites for hydroxylation is 2. The van der Waals surface area contributed by atoms with Gasteiger partial charge in [-0.1, -0.05) is 44.2 Å². The Labute approximate surface area is 182 Å². The van der Waals surface area contributed by atoms with E-state index in [2.05, 4.69) is 58.5 Å². The summed E-state index contributed by atoms with van der Waals surface area (Å²) in [5.74, 6) is 1.78. The van der Waals surface area contributed by atoms with Gasteiger partial charge >= 0.3 is 0 Å². The predicted molar refractivity (Wildman–Crippen MR) is 116 cm³/mol. The summed E-state index contributed by atoms with van der Waals surface area (Å²) in [6, 6.07) is 14.0. The summed E-state index contributed by atoms with van der Waals surface area (Å²) in [6.45, 7) is 8.10. The Hall–Kier alpha value is -3.00. The van der Waals surface area contributed by atoms with Crippen LogP contribution in [0.25, 0.3) is 0 Å². The molecule has 3 aromatic rings. The molecule has 1 amide bonds. The lowest BCUT2D eigenvalue weighted by Gasteiger charge is -2.39. The van der Waals surface area contributed by atoms with Crippen LogP contribution in [0.15, 0.2) is 53.1 Å². The lowest BCUT2D eigenvalue weighted by molar-refractivity contribution is 0.0500. The Balaban J connectivity index is 1.44. The van der Waals surface area contributed by atoms with Crippen LogP contribution in [0.3, 0.4) is 0 Å². The first-order valence-corrected chi connectivity index (χ1v) is 11.0. The third-order valence-corrected chi connectivity index (χ3v) is 5.78. The highest BCUT2D eigenvalue weighted by Crippen LogP contribution is 2.27. The molecule has 0 saturated carbocycles. The van der Waals surface area contributed by atoms with E-state index in [1.165, 1.54) is 11.8 Å². The van der Waals surface area contributed by atoms with E-state index in [0.717, 1.165) is 38.3 Å². The van der Waals surface area contributed by atoms with Gasteiger partial charge in [0.1, 0.15) is 0 Å². The van der Waals surface area contributed by atoms with Gasteiger partial charge in [0.05, 0.1) is 12.3 Å². The maximum atomic E-state index is 12.6. The molecule has 0 bridgehead atoms. The highest BCUT2D eigenvalue weighted by molar-refractivity contribution is 5.91. The third kappa shape index (κ3) is 5.19. The highest BCUT2D eigenvalue weighted by atomic mass is 16.3. The van der Waals surface area contributed by atoms with E-state index >= 15 is 0 Å². The molecule has 0 N–H and O–H groups in total. The van der Waals surface area contributed by atoms with Crippen molar-refractivity contribution in [3.63, 3.8) is 0 Å². The maximum absolute atomic E-state index is 12.6. The van der Waals surface area contributed by atoms with Gasteiger partial charge in [-0.3, -0.25) is 9.69 Å². The number of carbonyl (C=O) groups excluding carboxylic acids is 1. The minimum absolute atomic E-state index is 0.0437. The molecular weight excluding hydrogens is 392 g/mol. The molecule has 1 aromatic carbocycles. The largest absolute Gasteiger partial charge is 0.459 e. The van der Waals surface area contributed by atoms with Crippen LogP contribution in [-0.2, 0) is 13.0 Å². The van der Waals surface area contributed by atoms with E-state index in [9.17, 15) is 4.79 Å². The first kappa shape index (κ1) is 21.2.